The standard InChI is InChI=1S/C33H39N5O4.C3H8/c1-4-5-15-28(29(20-27-14-10-9-11-23(27)2)38-32(41)26-16-18-34-19-17-26)37-24(3)31(40)36-22-30(39)33(42)35-21-25-12-7-6-8-13-25;1-3-2/h6-19,24,29,37H,4-5,20-22H2,1-3H3,(H,35,42)(H,36,40)(H,38,41);3H2,1-2H3/b28-15+;/t24?,29-;/m0./s1. The van der Waals surface area contributed by atoms with Gasteiger partial charge in [-0.3, -0.25) is 24.2 Å². The highest BCUT2D eigenvalue weighted by molar-refractivity contribution is 6.37. The van der Waals surface area contributed by atoms with E-state index in [2.05, 4.69) is 40.1 Å². The molecule has 0 aliphatic heterocycles. The molecular weight excluding hydrogens is 566 g/mol. The van der Waals surface area contributed by atoms with E-state index < -0.39 is 36.2 Å². The van der Waals surface area contributed by atoms with Crippen LogP contribution in [0.5, 0.6) is 0 Å². The van der Waals surface area contributed by atoms with Gasteiger partial charge < -0.3 is 21.3 Å². The summed E-state index contributed by atoms with van der Waals surface area (Å²) in [7, 11) is 0. The summed E-state index contributed by atoms with van der Waals surface area (Å²) >= 11 is 0. The van der Waals surface area contributed by atoms with Gasteiger partial charge in [-0.05, 0) is 55.5 Å². The number of aryl methyl sites for hydroxylation is 1. The lowest BCUT2D eigenvalue weighted by Crippen LogP contribution is -2.49. The van der Waals surface area contributed by atoms with Gasteiger partial charge in [-0.15, -0.1) is 0 Å². The van der Waals surface area contributed by atoms with E-state index in [1.165, 1.54) is 6.42 Å². The average molecular weight is 614 g/mol. The lowest BCUT2D eigenvalue weighted by Gasteiger charge is -2.27. The Morgan fingerprint density at radius 1 is 0.844 bits per heavy atom. The molecule has 0 saturated carbocycles. The number of benzene rings is 2. The first-order chi connectivity index (χ1) is 21.7. The Kier molecular flexibility index (Phi) is 16.4. The molecule has 3 aromatic rings. The summed E-state index contributed by atoms with van der Waals surface area (Å²) in [6, 6.07) is 19.3. The predicted molar refractivity (Wildman–Crippen MR) is 178 cm³/mol. The number of nitrogens with one attached hydrogen (secondary N) is 4. The molecule has 2 aromatic carbocycles. The summed E-state index contributed by atoms with van der Waals surface area (Å²) < 4.78 is 0. The molecule has 9 nitrogen and oxygen atoms in total. The van der Waals surface area contributed by atoms with Crippen molar-refractivity contribution in [1.82, 2.24) is 26.3 Å². The van der Waals surface area contributed by atoms with Crippen LogP contribution in [-0.4, -0.2) is 47.1 Å². The SMILES string of the molecule is CCC.CCC/C=C(/NC(C)C(=O)NCC(=O)C(=O)NCc1ccccc1)[C@H](Cc1ccccc1C)NC(=O)c1ccncc1. The smallest absolute Gasteiger partial charge is 0.289 e. The molecule has 0 saturated heterocycles. The van der Waals surface area contributed by atoms with Crippen molar-refractivity contribution in [3.63, 3.8) is 0 Å². The topological polar surface area (TPSA) is 129 Å². The molecule has 9 heteroatoms. The molecule has 1 unspecified atom stereocenters. The number of Topliss-reactive ketones (excluding diaryl/α,β-unsaturated/α-hetero) is 1. The second-order valence-corrected chi connectivity index (χ2v) is 10.7. The number of allylic oxidation sites excluding steroid dienone is 1. The van der Waals surface area contributed by atoms with E-state index in [9.17, 15) is 19.2 Å². The molecule has 45 heavy (non-hydrogen) atoms. The van der Waals surface area contributed by atoms with Gasteiger partial charge in [0.2, 0.25) is 11.7 Å². The highest BCUT2D eigenvalue weighted by atomic mass is 16.2. The first kappa shape index (κ1) is 36.4. The maximum absolute atomic E-state index is 13.2. The van der Waals surface area contributed by atoms with Crippen molar-refractivity contribution in [2.45, 2.75) is 78.9 Å². The minimum Gasteiger partial charge on any atom is -0.376 e. The molecule has 0 aliphatic carbocycles. The van der Waals surface area contributed by atoms with E-state index in [0.717, 1.165) is 29.5 Å². The van der Waals surface area contributed by atoms with Crippen molar-refractivity contribution < 1.29 is 19.2 Å². The number of ketones is 1. The first-order valence-corrected chi connectivity index (χ1v) is 15.5. The van der Waals surface area contributed by atoms with Crippen molar-refractivity contribution in [1.29, 1.82) is 0 Å². The molecule has 1 aromatic heterocycles. The molecule has 0 spiro atoms. The van der Waals surface area contributed by atoms with E-state index in [1.807, 2.05) is 74.5 Å². The van der Waals surface area contributed by atoms with Gasteiger partial charge in [0.05, 0.1) is 12.6 Å². The summed E-state index contributed by atoms with van der Waals surface area (Å²) in [6.07, 6.45) is 8.46. The summed E-state index contributed by atoms with van der Waals surface area (Å²) in [5.41, 5.74) is 4.18. The Hall–Kier alpha value is -4.79. The third-order valence-electron chi connectivity index (χ3n) is 6.71. The number of aromatic nitrogens is 1. The van der Waals surface area contributed by atoms with E-state index in [1.54, 1.807) is 31.5 Å². The van der Waals surface area contributed by atoms with Gasteiger partial charge in [-0.2, -0.15) is 0 Å². The zero-order valence-corrected chi connectivity index (χ0v) is 27.1. The van der Waals surface area contributed by atoms with Crippen molar-refractivity contribution in [2.75, 3.05) is 6.54 Å². The van der Waals surface area contributed by atoms with Crippen LogP contribution in [0, 0.1) is 6.92 Å². The number of rotatable bonds is 15. The molecule has 2 atom stereocenters. The Balaban J connectivity index is 0.00000226. The van der Waals surface area contributed by atoms with Crippen LogP contribution >= 0.6 is 0 Å². The zero-order valence-electron chi connectivity index (χ0n) is 27.1. The van der Waals surface area contributed by atoms with Gasteiger partial charge in [0.25, 0.3) is 11.8 Å². The second kappa shape index (κ2) is 20.2. The van der Waals surface area contributed by atoms with Crippen LogP contribution in [0.3, 0.4) is 0 Å². The number of hydrogen-bond donors (Lipinski definition) is 4. The van der Waals surface area contributed by atoms with Crippen molar-refractivity contribution in [3.8, 4) is 0 Å². The van der Waals surface area contributed by atoms with Gasteiger partial charge in [0, 0.05) is 30.2 Å². The summed E-state index contributed by atoms with van der Waals surface area (Å²) in [5, 5.41) is 11.5. The number of carbonyl (C=O) groups is 4. The monoisotopic (exact) mass is 613 g/mol. The van der Waals surface area contributed by atoms with Crippen LogP contribution in [0.2, 0.25) is 0 Å². The molecule has 1 heterocycles. The lowest BCUT2D eigenvalue weighted by molar-refractivity contribution is -0.138. The van der Waals surface area contributed by atoms with Crippen LogP contribution in [0.25, 0.3) is 0 Å². The molecule has 4 N–H and O–H groups in total. The largest absolute Gasteiger partial charge is 0.376 e. The number of hydrogen-bond acceptors (Lipinski definition) is 6. The Labute approximate surface area is 267 Å². The quantitative estimate of drug-likeness (QED) is 0.182. The maximum atomic E-state index is 13.2. The third-order valence-corrected chi connectivity index (χ3v) is 6.71. The second-order valence-electron chi connectivity index (χ2n) is 10.7. The van der Waals surface area contributed by atoms with Crippen molar-refractivity contribution in [2.24, 2.45) is 0 Å². The third kappa shape index (κ3) is 13.2. The normalized spacial score (nSPS) is 12.1. The highest BCUT2D eigenvalue weighted by Crippen LogP contribution is 2.16. The zero-order chi connectivity index (χ0) is 33.0. The molecule has 240 valence electrons. The van der Waals surface area contributed by atoms with Crippen LogP contribution in [0.15, 0.2) is 90.9 Å². The van der Waals surface area contributed by atoms with Crippen LogP contribution < -0.4 is 21.3 Å². The fourth-order valence-electron chi connectivity index (χ4n) is 4.24. The predicted octanol–water partition coefficient (Wildman–Crippen LogP) is 4.81. The van der Waals surface area contributed by atoms with E-state index in [0.29, 0.717) is 17.7 Å². The molecule has 0 bridgehead atoms. The lowest BCUT2D eigenvalue weighted by atomic mass is 9.97. The van der Waals surface area contributed by atoms with Gasteiger partial charge >= 0.3 is 0 Å². The van der Waals surface area contributed by atoms with Gasteiger partial charge in [-0.1, -0.05) is 94.3 Å². The number of nitrogens with zero attached hydrogens (tertiary/aromatic N) is 1. The summed E-state index contributed by atoms with van der Waals surface area (Å²) in [5.74, 6) is -2.21. The van der Waals surface area contributed by atoms with Crippen LogP contribution in [0.4, 0.5) is 0 Å². The van der Waals surface area contributed by atoms with Gasteiger partial charge in [0.1, 0.15) is 6.04 Å². The number of amides is 3. The van der Waals surface area contributed by atoms with Gasteiger partial charge in [0.15, 0.2) is 0 Å². The van der Waals surface area contributed by atoms with Crippen molar-refractivity contribution in [3.05, 3.63) is 113 Å². The molecule has 0 fully saturated rings. The summed E-state index contributed by atoms with van der Waals surface area (Å²) in [4.78, 5) is 54.7. The Morgan fingerprint density at radius 3 is 2.13 bits per heavy atom. The summed E-state index contributed by atoms with van der Waals surface area (Å²) in [6.45, 7) is 9.78. The van der Waals surface area contributed by atoms with Gasteiger partial charge in [-0.25, -0.2) is 0 Å². The molecule has 0 aliphatic rings. The van der Waals surface area contributed by atoms with E-state index >= 15 is 0 Å². The number of unbranched alkanes of at least 4 members (excludes halogenated alkanes) is 1. The minimum absolute atomic E-state index is 0.219. The van der Waals surface area contributed by atoms with E-state index in [-0.39, 0.29) is 12.5 Å². The fourth-order valence-corrected chi connectivity index (χ4v) is 4.24. The van der Waals surface area contributed by atoms with Crippen molar-refractivity contribution >= 4 is 23.5 Å². The van der Waals surface area contributed by atoms with Crippen LogP contribution in [0.1, 0.15) is 74.0 Å². The Bertz CT molecular complexity index is 1390. The van der Waals surface area contributed by atoms with Crippen LogP contribution in [-0.2, 0) is 27.3 Å². The number of pyridine rings is 1. The molecular formula is C36H47N5O4. The Morgan fingerprint density at radius 2 is 1.49 bits per heavy atom. The molecule has 0 radical (unpaired) electrons. The molecule has 3 rings (SSSR count). The maximum Gasteiger partial charge on any atom is 0.289 e. The number of carbonyl (C=O) groups excluding carboxylic acids is 4. The fraction of sp³-hybridized carbons (Fsp3) is 0.361. The average Bonchev–Trinajstić information content (AvgIpc) is 3.06. The highest BCUT2D eigenvalue weighted by Gasteiger charge is 2.24. The molecule has 3 amide bonds. The first-order valence-electron chi connectivity index (χ1n) is 15.5. The minimum atomic E-state index is -0.764. The van der Waals surface area contributed by atoms with E-state index in [4.69, 9.17) is 0 Å².